The molecule has 0 amide bonds. The molecule has 0 unspecified atom stereocenters. The number of hydrogen-bond donors (Lipinski definition) is 0. The van der Waals surface area contributed by atoms with Gasteiger partial charge in [0.15, 0.2) is 17.5 Å². The number of halogens is 2. The van der Waals surface area contributed by atoms with Crippen molar-refractivity contribution in [1.29, 1.82) is 0 Å². The van der Waals surface area contributed by atoms with Gasteiger partial charge in [-0.15, -0.1) is 0 Å². The Kier molecular flexibility index (Phi) is 4.53. The standard InChI is InChI=1S/C18H18F2N6O/c1-11-23-15(24-27-11)9-25(2)14-7-26(8-14)18-16(20)17(21-10-22-18)12-3-5-13(19)6-4-12/h3-6,10,14H,7-9H2,1-2H3. The van der Waals surface area contributed by atoms with Gasteiger partial charge in [0.25, 0.3) is 0 Å². The zero-order valence-corrected chi connectivity index (χ0v) is 14.9. The fourth-order valence-corrected chi connectivity index (χ4v) is 3.05. The largest absolute Gasteiger partial charge is 0.351 e. The Morgan fingerprint density at radius 3 is 2.59 bits per heavy atom. The van der Waals surface area contributed by atoms with Gasteiger partial charge in [-0.1, -0.05) is 5.16 Å². The summed E-state index contributed by atoms with van der Waals surface area (Å²) in [6, 6.07) is 5.80. The molecule has 1 aliphatic heterocycles. The molecule has 0 bridgehead atoms. The summed E-state index contributed by atoms with van der Waals surface area (Å²) >= 11 is 0. The Labute approximate surface area is 154 Å². The van der Waals surface area contributed by atoms with Crippen LogP contribution < -0.4 is 4.90 Å². The highest BCUT2D eigenvalue weighted by Crippen LogP contribution is 2.29. The van der Waals surface area contributed by atoms with Gasteiger partial charge in [-0.3, -0.25) is 4.90 Å². The van der Waals surface area contributed by atoms with Crippen LogP contribution in [0, 0.1) is 18.6 Å². The van der Waals surface area contributed by atoms with Gasteiger partial charge in [-0.2, -0.15) is 4.98 Å². The molecule has 0 N–H and O–H groups in total. The maximum Gasteiger partial charge on any atom is 0.223 e. The van der Waals surface area contributed by atoms with Crippen molar-refractivity contribution in [3.05, 3.63) is 53.9 Å². The molecule has 0 spiro atoms. The first-order chi connectivity index (χ1) is 13.0. The number of aryl methyl sites for hydroxylation is 1. The van der Waals surface area contributed by atoms with Crippen LogP contribution in [0.2, 0.25) is 0 Å². The maximum atomic E-state index is 14.9. The van der Waals surface area contributed by atoms with Crippen molar-refractivity contribution >= 4 is 5.82 Å². The van der Waals surface area contributed by atoms with E-state index in [2.05, 4.69) is 25.0 Å². The fourth-order valence-electron chi connectivity index (χ4n) is 3.05. The van der Waals surface area contributed by atoms with Crippen LogP contribution in [0.5, 0.6) is 0 Å². The van der Waals surface area contributed by atoms with E-state index in [1.807, 2.05) is 11.9 Å². The summed E-state index contributed by atoms with van der Waals surface area (Å²) in [4.78, 5) is 16.3. The smallest absolute Gasteiger partial charge is 0.223 e. The molecule has 1 saturated heterocycles. The summed E-state index contributed by atoms with van der Waals surface area (Å²) in [5, 5.41) is 3.89. The first kappa shape index (κ1) is 17.5. The van der Waals surface area contributed by atoms with E-state index in [0.29, 0.717) is 36.9 Å². The molecule has 1 aliphatic rings. The Bertz CT molecular complexity index is 939. The van der Waals surface area contributed by atoms with E-state index in [0.717, 1.165) is 0 Å². The van der Waals surface area contributed by atoms with Crippen molar-refractivity contribution in [2.45, 2.75) is 19.5 Å². The van der Waals surface area contributed by atoms with Gasteiger partial charge in [0, 0.05) is 31.6 Å². The molecule has 0 radical (unpaired) electrons. The third kappa shape index (κ3) is 3.50. The number of aromatic nitrogens is 4. The van der Waals surface area contributed by atoms with E-state index in [-0.39, 0.29) is 23.4 Å². The average molecular weight is 372 g/mol. The highest BCUT2D eigenvalue weighted by atomic mass is 19.1. The third-order valence-corrected chi connectivity index (χ3v) is 4.63. The van der Waals surface area contributed by atoms with E-state index in [9.17, 15) is 8.78 Å². The van der Waals surface area contributed by atoms with Crippen molar-refractivity contribution < 1.29 is 13.3 Å². The number of likely N-dealkylation sites (N-methyl/N-ethyl adjacent to an activating group) is 1. The summed E-state index contributed by atoms with van der Waals surface area (Å²) in [5.41, 5.74) is 0.679. The lowest BCUT2D eigenvalue weighted by Gasteiger charge is -2.44. The monoisotopic (exact) mass is 372 g/mol. The zero-order chi connectivity index (χ0) is 19.0. The van der Waals surface area contributed by atoms with E-state index < -0.39 is 5.82 Å². The average Bonchev–Trinajstić information content (AvgIpc) is 3.01. The van der Waals surface area contributed by atoms with Gasteiger partial charge in [0.1, 0.15) is 17.8 Å². The van der Waals surface area contributed by atoms with Gasteiger partial charge in [0.05, 0.1) is 6.54 Å². The van der Waals surface area contributed by atoms with Gasteiger partial charge >= 0.3 is 0 Å². The molecule has 1 aromatic carbocycles. The van der Waals surface area contributed by atoms with Crippen LogP contribution >= 0.6 is 0 Å². The van der Waals surface area contributed by atoms with E-state index in [1.54, 1.807) is 6.92 Å². The molecular weight excluding hydrogens is 354 g/mol. The SMILES string of the molecule is Cc1nc(CN(C)C2CN(c3ncnc(-c4ccc(F)cc4)c3F)C2)no1. The summed E-state index contributed by atoms with van der Waals surface area (Å²) in [6.45, 7) is 3.56. The van der Waals surface area contributed by atoms with Gasteiger partial charge < -0.3 is 9.42 Å². The molecule has 3 aromatic rings. The molecule has 2 aromatic heterocycles. The van der Waals surface area contributed by atoms with Gasteiger partial charge in [0.2, 0.25) is 5.89 Å². The molecular formula is C18H18F2N6O. The van der Waals surface area contributed by atoms with Crippen molar-refractivity contribution in [3.8, 4) is 11.3 Å². The second kappa shape index (κ2) is 6.99. The normalized spacial score (nSPS) is 14.6. The molecule has 0 saturated carbocycles. The van der Waals surface area contributed by atoms with Crippen LogP contribution in [0.25, 0.3) is 11.3 Å². The van der Waals surface area contributed by atoms with Crippen LogP contribution in [-0.2, 0) is 6.54 Å². The van der Waals surface area contributed by atoms with Crippen molar-refractivity contribution in [3.63, 3.8) is 0 Å². The first-order valence-corrected chi connectivity index (χ1v) is 8.52. The number of anilines is 1. The Morgan fingerprint density at radius 1 is 1.19 bits per heavy atom. The molecule has 7 nitrogen and oxygen atoms in total. The fraction of sp³-hybridized carbons (Fsp3) is 0.333. The molecule has 1 fully saturated rings. The number of benzene rings is 1. The zero-order valence-electron chi connectivity index (χ0n) is 14.9. The molecule has 4 rings (SSSR count). The number of rotatable bonds is 5. The summed E-state index contributed by atoms with van der Waals surface area (Å²) in [6.07, 6.45) is 1.33. The predicted molar refractivity (Wildman–Crippen MR) is 93.9 cm³/mol. The minimum absolute atomic E-state index is 0.166. The Hall–Kier alpha value is -2.94. The molecule has 27 heavy (non-hydrogen) atoms. The second-order valence-corrected chi connectivity index (χ2v) is 6.57. The van der Waals surface area contributed by atoms with Gasteiger partial charge in [-0.25, -0.2) is 18.7 Å². The van der Waals surface area contributed by atoms with Crippen molar-refractivity contribution in [2.24, 2.45) is 0 Å². The second-order valence-electron chi connectivity index (χ2n) is 6.57. The minimum atomic E-state index is -0.501. The van der Waals surface area contributed by atoms with Crippen LogP contribution in [0.4, 0.5) is 14.6 Å². The summed E-state index contributed by atoms with van der Waals surface area (Å²) in [7, 11) is 1.97. The highest BCUT2D eigenvalue weighted by Gasteiger charge is 2.33. The van der Waals surface area contributed by atoms with Crippen LogP contribution in [0.1, 0.15) is 11.7 Å². The summed E-state index contributed by atoms with van der Waals surface area (Å²) in [5.74, 6) is 0.535. The lowest BCUT2D eigenvalue weighted by Crippen LogP contribution is -2.58. The molecule has 0 aliphatic carbocycles. The molecule has 9 heteroatoms. The van der Waals surface area contributed by atoms with E-state index >= 15 is 0 Å². The predicted octanol–water partition coefficient (Wildman–Crippen LogP) is 2.43. The Morgan fingerprint density at radius 2 is 1.93 bits per heavy atom. The molecule has 140 valence electrons. The summed E-state index contributed by atoms with van der Waals surface area (Å²) < 4.78 is 33.0. The van der Waals surface area contributed by atoms with Gasteiger partial charge in [-0.05, 0) is 31.3 Å². The highest BCUT2D eigenvalue weighted by molar-refractivity contribution is 5.64. The van der Waals surface area contributed by atoms with Crippen molar-refractivity contribution in [2.75, 3.05) is 25.0 Å². The molecule has 0 atom stereocenters. The quantitative estimate of drug-likeness (QED) is 0.681. The van der Waals surface area contributed by atoms with Crippen molar-refractivity contribution in [1.82, 2.24) is 25.0 Å². The molecule has 3 heterocycles. The van der Waals surface area contributed by atoms with Crippen LogP contribution in [0.3, 0.4) is 0 Å². The van der Waals surface area contributed by atoms with E-state index in [1.165, 1.54) is 30.6 Å². The van der Waals surface area contributed by atoms with E-state index in [4.69, 9.17) is 4.52 Å². The number of hydrogen-bond acceptors (Lipinski definition) is 7. The van der Waals surface area contributed by atoms with Crippen LogP contribution in [-0.4, -0.2) is 51.2 Å². The Balaban J connectivity index is 1.44. The lowest BCUT2D eigenvalue weighted by molar-refractivity contribution is 0.189. The topological polar surface area (TPSA) is 71.2 Å². The van der Waals surface area contributed by atoms with Crippen LogP contribution in [0.15, 0.2) is 35.1 Å². The maximum absolute atomic E-state index is 14.9. The lowest BCUT2D eigenvalue weighted by atomic mass is 10.1. The third-order valence-electron chi connectivity index (χ3n) is 4.63. The first-order valence-electron chi connectivity index (χ1n) is 8.52. The minimum Gasteiger partial charge on any atom is -0.351 e. The number of nitrogens with zero attached hydrogens (tertiary/aromatic N) is 6.